The summed E-state index contributed by atoms with van der Waals surface area (Å²) in [6.07, 6.45) is 0.127. The maximum atomic E-state index is 13.5. The van der Waals surface area contributed by atoms with Gasteiger partial charge in [0, 0.05) is 12.2 Å². The van der Waals surface area contributed by atoms with Crippen LogP contribution in [-0.4, -0.2) is 29.4 Å². The van der Waals surface area contributed by atoms with Crippen molar-refractivity contribution < 1.29 is 24.1 Å². The summed E-state index contributed by atoms with van der Waals surface area (Å²) in [6, 6.07) is 17.7. The van der Waals surface area contributed by atoms with E-state index < -0.39 is 11.9 Å². The number of phenols is 2. The summed E-state index contributed by atoms with van der Waals surface area (Å²) in [5.74, 6) is -0.785. The van der Waals surface area contributed by atoms with Crippen molar-refractivity contribution in [2.24, 2.45) is 0 Å². The second-order valence-electron chi connectivity index (χ2n) is 7.42. The van der Waals surface area contributed by atoms with E-state index in [1.807, 2.05) is 30.3 Å². The molecule has 0 aromatic heterocycles. The van der Waals surface area contributed by atoms with Gasteiger partial charge >= 0.3 is 6.09 Å². The van der Waals surface area contributed by atoms with E-state index in [4.69, 9.17) is 4.74 Å². The molecule has 1 aliphatic heterocycles. The lowest BCUT2D eigenvalue weighted by molar-refractivity contribution is 0.146. The van der Waals surface area contributed by atoms with Gasteiger partial charge in [-0.2, -0.15) is 0 Å². The Hall–Kier alpha value is -3.29. The standard InChI is InChI=1S/C24H23FN2O4.ClH/c25-18-6-8-19(9-7-18)27(24(30)31-15-16-4-2-1-3-5-16)14-21-20-13-23(29)22(28)12-17(20)10-11-26-21;/h1-9,12-13,21,26,28-29H,10-11,14-15H2;1H. The molecule has 4 rings (SSSR count). The van der Waals surface area contributed by atoms with Crippen LogP contribution in [0.2, 0.25) is 0 Å². The number of nitrogens with one attached hydrogen (secondary N) is 1. The molecule has 0 spiro atoms. The number of carbonyl (C=O) groups is 1. The van der Waals surface area contributed by atoms with Crippen molar-refractivity contribution in [3.05, 3.63) is 89.2 Å². The molecule has 3 aromatic carbocycles. The van der Waals surface area contributed by atoms with Crippen molar-refractivity contribution in [2.45, 2.75) is 19.1 Å². The Balaban J connectivity index is 0.00000289. The van der Waals surface area contributed by atoms with Crippen LogP contribution >= 0.6 is 12.4 Å². The van der Waals surface area contributed by atoms with Crippen LogP contribution in [0.5, 0.6) is 11.5 Å². The van der Waals surface area contributed by atoms with Gasteiger partial charge in [-0.3, -0.25) is 4.90 Å². The molecule has 0 bridgehead atoms. The lowest BCUT2D eigenvalue weighted by atomic mass is 9.93. The molecule has 0 aliphatic carbocycles. The Morgan fingerprint density at radius 2 is 1.75 bits per heavy atom. The lowest BCUT2D eigenvalue weighted by Crippen LogP contribution is -2.42. The zero-order valence-electron chi connectivity index (χ0n) is 17.2. The highest BCUT2D eigenvalue weighted by Gasteiger charge is 2.27. The fourth-order valence-corrected chi connectivity index (χ4v) is 3.72. The zero-order valence-corrected chi connectivity index (χ0v) is 18.0. The van der Waals surface area contributed by atoms with E-state index in [2.05, 4.69) is 5.32 Å². The third-order valence-corrected chi connectivity index (χ3v) is 5.33. The van der Waals surface area contributed by atoms with E-state index in [1.165, 1.54) is 35.2 Å². The Morgan fingerprint density at radius 3 is 2.47 bits per heavy atom. The number of benzene rings is 3. The van der Waals surface area contributed by atoms with Crippen LogP contribution in [0.1, 0.15) is 22.7 Å². The number of amides is 1. The van der Waals surface area contributed by atoms with Gasteiger partial charge in [0.25, 0.3) is 0 Å². The first kappa shape index (κ1) is 23.4. The largest absolute Gasteiger partial charge is 0.504 e. The van der Waals surface area contributed by atoms with E-state index in [-0.39, 0.29) is 43.1 Å². The van der Waals surface area contributed by atoms with Gasteiger partial charge in [0.1, 0.15) is 12.4 Å². The van der Waals surface area contributed by atoms with Crippen molar-refractivity contribution in [1.82, 2.24) is 5.32 Å². The smallest absolute Gasteiger partial charge is 0.414 e. The van der Waals surface area contributed by atoms with Crippen molar-refractivity contribution in [3.8, 4) is 11.5 Å². The van der Waals surface area contributed by atoms with Gasteiger partial charge in [-0.1, -0.05) is 30.3 Å². The average Bonchev–Trinajstić information content (AvgIpc) is 2.78. The molecular weight excluding hydrogens is 435 g/mol. The van der Waals surface area contributed by atoms with Gasteiger partial charge in [0.05, 0.1) is 6.04 Å². The number of fused-ring (bicyclic) bond motifs is 1. The minimum atomic E-state index is -0.563. The Kier molecular flexibility index (Phi) is 7.56. The van der Waals surface area contributed by atoms with E-state index in [0.29, 0.717) is 18.7 Å². The fourth-order valence-electron chi connectivity index (χ4n) is 3.72. The molecule has 1 unspecified atom stereocenters. The van der Waals surface area contributed by atoms with Gasteiger partial charge in [-0.05, 0) is 66.1 Å². The van der Waals surface area contributed by atoms with Crippen LogP contribution in [0, 0.1) is 5.82 Å². The molecule has 0 fully saturated rings. The molecule has 6 nitrogen and oxygen atoms in total. The van der Waals surface area contributed by atoms with Crippen molar-refractivity contribution in [2.75, 3.05) is 18.0 Å². The Bertz CT molecular complexity index is 1060. The monoisotopic (exact) mass is 458 g/mol. The molecule has 1 atom stereocenters. The third-order valence-electron chi connectivity index (χ3n) is 5.33. The van der Waals surface area contributed by atoms with Gasteiger partial charge in [0.2, 0.25) is 0 Å². The summed E-state index contributed by atoms with van der Waals surface area (Å²) >= 11 is 0. The minimum Gasteiger partial charge on any atom is -0.504 e. The van der Waals surface area contributed by atoms with Gasteiger partial charge in [-0.15, -0.1) is 12.4 Å². The summed E-state index contributed by atoms with van der Waals surface area (Å²) < 4.78 is 19.0. The summed E-state index contributed by atoms with van der Waals surface area (Å²) in [4.78, 5) is 14.4. The number of hydrogen-bond acceptors (Lipinski definition) is 5. The van der Waals surface area contributed by atoms with Crippen molar-refractivity contribution in [1.29, 1.82) is 0 Å². The number of nitrogens with zero attached hydrogens (tertiary/aromatic N) is 1. The van der Waals surface area contributed by atoms with Crippen LogP contribution in [0.15, 0.2) is 66.7 Å². The highest BCUT2D eigenvalue weighted by atomic mass is 35.5. The van der Waals surface area contributed by atoms with Crippen LogP contribution in [0.3, 0.4) is 0 Å². The van der Waals surface area contributed by atoms with Crippen LogP contribution in [0.4, 0.5) is 14.9 Å². The van der Waals surface area contributed by atoms with Crippen LogP contribution < -0.4 is 10.2 Å². The molecule has 168 valence electrons. The quantitative estimate of drug-likeness (QED) is 0.483. The van der Waals surface area contributed by atoms with E-state index >= 15 is 0 Å². The predicted molar refractivity (Wildman–Crippen MR) is 122 cm³/mol. The number of anilines is 1. The van der Waals surface area contributed by atoms with Crippen molar-refractivity contribution in [3.63, 3.8) is 0 Å². The normalized spacial score (nSPS) is 14.7. The SMILES string of the molecule is Cl.O=C(OCc1ccccc1)N(CC1NCCc2cc(O)c(O)cc21)c1ccc(F)cc1. The third kappa shape index (κ3) is 5.30. The van der Waals surface area contributed by atoms with Gasteiger partial charge in [0.15, 0.2) is 11.5 Å². The number of halogens is 2. The van der Waals surface area contributed by atoms with E-state index in [9.17, 15) is 19.4 Å². The average molecular weight is 459 g/mol. The minimum absolute atomic E-state index is 0. The first-order chi connectivity index (χ1) is 15.0. The number of ether oxygens (including phenoxy) is 1. The first-order valence-electron chi connectivity index (χ1n) is 10.0. The predicted octanol–water partition coefficient (Wildman–Crippen LogP) is 4.69. The molecule has 3 aromatic rings. The second kappa shape index (κ2) is 10.3. The van der Waals surface area contributed by atoms with Crippen LogP contribution in [-0.2, 0) is 17.8 Å². The zero-order chi connectivity index (χ0) is 21.8. The molecule has 0 saturated carbocycles. The number of rotatable bonds is 5. The summed E-state index contributed by atoms with van der Waals surface area (Å²) in [6.45, 7) is 0.968. The number of carbonyl (C=O) groups excluding carboxylic acids is 1. The maximum Gasteiger partial charge on any atom is 0.414 e. The Morgan fingerprint density at radius 1 is 1.06 bits per heavy atom. The molecule has 0 radical (unpaired) electrons. The highest BCUT2D eigenvalue weighted by Crippen LogP contribution is 2.34. The molecule has 8 heteroatoms. The molecule has 1 aliphatic rings. The molecule has 1 amide bonds. The second-order valence-corrected chi connectivity index (χ2v) is 7.42. The molecule has 32 heavy (non-hydrogen) atoms. The summed E-state index contributed by atoms with van der Waals surface area (Å²) in [5.41, 5.74) is 3.05. The number of phenolic OH excluding ortho intramolecular Hbond substituents is 2. The van der Waals surface area contributed by atoms with Crippen LogP contribution in [0.25, 0.3) is 0 Å². The number of hydrogen-bond donors (Lipinski definition) is 3. The van der Waals surface area contributed by atoms with E-state index in [1.54, 1.807) is 6.07 Å². The molecular formula is C24H24ClFN2O4. The number of aromatic hydroxyl groups is 2. The molecule has 1 heterocycles. The molecule has 0 saturated heterocycles. The molecule has 3 N–H and O–H groups in total. The summed E-state index contributed by atoms with van der Waals surface area (Å²) in [7, 11) is 0. The first-order valence-corrected chi connectivity index (χ1v) is 10.0. The van der Waals surface area contributed by atoms with Crippen molar-refractivity contribution >= 4 is 24.2 Å². The van der Waals surface area contributed by atoms with Gasteiger partial charge in [-0.25, -0.2) is 9.18 Å². The lowest BCUT2D eigenvalue weighted by Gasteiger charge is -2.32. The fraction of sp³-hybridized carbons (Fsp3) is 0.208. The maximum absolute atomic E-state index is 13.5. The Labute approximate surface area is 191 Å². The van der Waals surface area contributed by atoms with E-state index in [0.717, 1.165) is 16.7 Å². The van der Waals surface area contributed by atoms with Gasteiger partial charge < -0.3 is 20.3 Å². The summed E-state index contributed by atoms with van der Waals surface area (Å²) in [5, 5.41) is 23.1. The highest BCUT2D eigenvalue weighted by molar-refractivity contribution is 5.87. The topological polar surface area (TPSA) is 82.0 Å².